The van der Waals surface area contributed by atoms with Crippen LogP contribution in [0.4, 0.5) is 0 Å². The third kappa shape index (κ3) is 2.18. The molecule has 0 aliphatic carbocycles. The fourth-order valence-electron chi connectivity index (χ4n) is 2.91. The van der Waals surface area contributed by atoms with Gasteiger partial charge in [-0.15, -0.1) is 0 Å². The van der Waals surface area contributed by atoms with Gasteiger partial charge in [-0.1, -0.05) is 42.5 Å². The van der Waals surface area contributed by atoms with Crippen LogP contribution in [0.15, 0.2) is 75.9 Å². The lowest BCUT2D eigenvalue weighted by atomic mass is 10.0. The van der Waals surface area contributed by atoms with Crippen LogP contribution in [0.2, 0.25) is 0 Å². The van der Waals surface area contributed by atoms with Crippen LogP contribution in [0.3, 0.4) is 0 Å². The lowest BCUT2D eigenvalue weighted by Gasteiger charge is -2.09. The molecule has 0 aliphatic heterocycles. The number of benzene rings is 3. The quantitative estimate of drug-likeness (QED) is 0.507. The van der Waals surface area contributed by atoms with E-state index in [2.05, 4.69) is 0 Å². The van der Waals surface area contributed by atoms with E-state index in [9.17, 15) is 4.79 Å². The Bertz CT molecular complexity index is 1080. The molecule has 0 spiro atoms. The second kappa shape index (κ2) is 5.29. The van der Waals surface area contributed by atoms with E-state index in [0.29, 0.717) is 22.5 Å². The molecule has 0 unspecified atom stereocenters. The Balaban J connectivity index is 2.05. The van der Waals surface area contributed by atoms with Crippen LogP contribution >= 0.6 is 0 Å². The molecule has 4 rings (SSSR count). The number of rotatable bonds is 2. The average molecular weight is 302 g/mol. The van der Waals surface area contributed by atoms with Crippen LogP contribution in [0, 0.1) is 0 Å². The van der Waals surface area contributed by atoms with Crippen molar-refractivity contribution in [3.05, 3.63) is 77.0 Å². The monoisotopic (exact) mass is 302 g/mol. The van der Waals surface area contributed by atoms with Crippen molar-refractivity contribution in [3.8, 4) is 17.1 Å². The van der Waals surface area contributed by atoms with Gasteiger partial charge in [0.2, 0.25) is 0 Å². The smallest absolute Gasteiger partial charge is 0.193 e. The van der Waals surface area contributed by atoms with Gasteiger partial charge in [0.05, 0.1) is 18.1 Å². The van der Waals surface area contributed by atoms with Crippen LogP contribution < -0.4 is 10.2 Å². The molecule has 0 radical (unpaired) electrons. The van der Waals surface area contributed by atoms with E-state index in [1.807, 2.05) is 60.7 Å². The Morgan fingerprint density at radius 3 is 2.57 bits per heavy atom. The highest BCUT2D eigenvalue weighted by Crippen LogP contribution is 2.32. The second-order valence-corrected chi connectivity index (χ2v) is 5.34. The molecule has 3 heteroatoms. The molecule has 0 aliphatic rings. The lowest BCUT2D eigenvalue weighted by molar-refractivity contribution is 0.415. The third-order valence-corrected chi connectivity index (χ3v) is 3.99. The van der Waals surface area contributed by atoms with Gasteiger partial charge in [-0.05, 0) is 29.0 Å². The SMILES string of the molecule is COc1ccccc1-c1cc(=O)c2c(ccc3ccccc32)o1. The van der Waals surface area contributed by atoms with Crippen molar-refractivity contribution in [2.45, 2.75) is 0 Å². The summed E-state index contributed by atoms with van der Waals surface area (Å²) in [5, 5.41) is 2.55. The Labute approximate surface area is 132 Å². The maximum atomic E-state index is 12.7. The summed E-state index contributed by atoms with van der Waals surface area (Å²) < 4.78 is 11.4. The summed E-state index contributed by atoms with van der Waals surface area (Å²) in [6.07, 6.45) is 0. The van der Waals surface area contributed by atoms with Crippen LogP contribution in [0.25, 0.3) is 33.1 Å². The van der Waals surface area contributed by atoms with Gasteiger partial charge in [-0.3, -0.25) is 4.79 Å². The van der Waals surface area contributed by atoms with E-state index in [1.165, 1.54) is 6.07 Å². The van der Waals surface area contributed by atoms with E-state index in [0.717, 1.165) is 16.3 Å². The topological polar surface area (TPSA) is 39.4 Å². The number of ether oxygens (including phenoxy) is 1. The molecule has 1 aromatic heterocycles. The van der Waals surface area contributed by atoms with E-state index in [1.54, 1.807) is 7.11 Å². The summed E-state index contributed by atoms with van der Waals surface area (Å²) in [5.41, 5.74) is 1.29. The van der Waals surface area contributed by atoms with Crippen molar-refractivity contribution in [1.29, 1.82) is 0 Å². The predicted molar refractivity (Wildman–Crippen MR) is 92.0 cm³/mol. The van der Waals surface area contributed by atoms with Crippen LogP contribution in [0.1, 0.15) is 0 Å². The van der Waals surface area contributed by atoms with Crippen molar-refractivity contribution in [2.24, 2.45) is 0 Å². The maximum Gasteiger partial charge on any atom is 0.193 e. The minimum absolute atomic E-state index is 0.0519. The molecule has 23 heavy (non-hydrogen) atoms. The van der Waals surface area contributed by atoms with E-state index in [4.69, 9.17) is 9.15 Å². The first-order chi connectivity index (χ1) is 11.3. The first-order valence-corrected chi connectivity index (χ1v) is 7.37. The molecule has 0 atom stereocenters. The number of hydrogen-bond donors (Lipinski definition) is 0. The highest BCUT2D eigenvalue weighted by molar-refractivity contribution is 6.05. The van der Waals surface area contributed by atoms with Gasteiger partial charge in [-0.25, -0.2) is 0 Å². The average Bonchev–Trinajstić information content (AvgIpc) is 2.61. The molecule has 0 N–H and O–H groups in total. The minimum Gasteiger partial charge on any atom is -0.496 e. The summed E-state index contributed by atoms with van der Waals surface area (Å²) in [4.78, 5) is 12.7. The second-order valence-electron chi connectivity index (χ2n) is 5.34. The normalized spacial score (nSPS) is 11.0. The largest absolute Gasteiger partial charge is 0.496 e. The molecular formula is C20H14O3. The Kier molecular flexibility index (Phi) is 3.12. The molecule has 3 aromatic carbocycles. The predicted octanol–water partition coefficient (Wildman–Crippen LogP) is 4.62. The number of methoxy groups -OCH3 is 1. The van der Waals surface area contributed by atoms with Crippen LogP contribution in [-0.2, 0) is 0 Å². The van der Waals surface area contributed by atoms with Crippen LogP contribution in [-0.4, -0.2) is 7.11 Å². The van der Waals surface area contributed by atoms with E-state index < -0.39 is 0 Å². The molecule has 0 bridgehead atoms. The standard InChI is InChI=1S/C20H14O3/c1-22-17-9-5-4-8-15(17)19-12-16(21)20-14-7-3-2-6-13(14)10-11-18(20)23-19/h2-12H,1H3. The number of para-hydroxylation sites is 1. The van der Waals surface area contributed by atoms with Crippen molar-refractivity contribution in [3.63, 3.8) is 0 Å². The van der Waals surface area contributed by atoms with Gasteiger partial charge < -0.3 is 9.15 Å². The number of fused-ring (bicyclic) bond motifs is 3. The lowest BCUT2D eigenvalue weighted by Crippen LogP contribution is -2.01. The summed E-state index contributed by atoms with van der Waals surface area (Å²) in [6, 6.07) is 20.7. The Hall–Kier alpha value is -3.07. The Morgan fingerprint density at radius 2 is 1.70 bits per heavy atom. The van der Waals surface area contributed by atoms with Gasteiger partial charge >= 0.3 is 0 Å². The van der Waals surface area contributed by atoms with Crippen molar-refractivity contribution < 1.29 is 9.15 Å². The van der Waals surface area contributed by atoms with Crippen LogP contribution in [0.5, 0.6) is 5.75 Å². The summed E-state index contributed by atoms with van der Waals surface area (Å²) in [7, 11) is 1.60. The summed E-state index contributed by atoms with van der Waals surface area (Å²) in [5.74, 6) is 1.19. The van der Waals surface area contributed by atoms with Gasteiger partial charge in [-0.2, -0.15) is 0 Å². The highest BCUT2D eigenvalue weighted by atomic mass is 16.5. The zero-order valence-electron chi connectivity index (χ0n) is 12.6. The van der Waals surface area contributed by atoms with Crippen molar-refractivity contribution in [2.75, 3.05) is 7.11 Å². The molecule has 4 aromatic rings. The first-order valence-electron chi connectivity index (χ1n) is 7.37. The van der Waals surface area contributed by atoms with Crippen molar-refractivity contribution >= 4 is 21.7 Å². The zero-order valence-corrected chi connectivity index (χ0v) is 12.6. The molecule has 0 amide bonds. The van der Waals surface area contributed by atoms with E-state index >= 15 is 0 Å². The fourth-order valence-corrected chi connectivity index (χ4v) is 2.91. The summed E-state index contributed by atoms with van der Waals surface area (Å²) in [6.45, 7) is 0. The van der Waals surface area contributed by atoms with Crippen molar-refractivity contribution in [1.82, 2.24) is 0 Å². The molecule has 3 nitrogen and oxygen atoms in total. The zero-order chi connectivity index (χ0) is 15.8. The molecule has 1 heterocycles. The molecule has 0 saturated heterocycles. The molecule has 112 valence electrons. The highest BCUT2D eigenvalue weighted by Gasteiger charge is 2.12. The van der Waals surface area contributed by atoms with Gasteiger partial charge in [0.15, 0.2) is 5.43 Å². The third-order valence-electron chi connectivity index (χ3n) is 3.99. The molecule has 0 saturated carbocycles. The number of hydrogen-bond acceptors (Lipinski definition) is 3. The molecule has 0 fully saturated rings. The van der Waals surface area contributed by atoms with Gasteiger partial charge in [0.1, 0.15) is 17.1 Å². The first kappa shape index (κ1) is 13.6. The van der Waals surface area contributed by atoms with Gasteiger partial charge in [0.25, 0.3) is 0 Å². The Morgan fingerprint density at radius 1 is 0.913 bits per heavy atom. The molecular weight excluding hydrogens is 288 g/mol. The summed E-state index contributed by atoms with van der Waals surface area (Å²) >= 11 is 0. The van der Waals surface area contributed by atoms with E-state index in [-0.39, 0.29) is 5.43 Å². The van der Waals surface area contributed by atoms with Gasteiger partial charge in [0, 0.05) is 6.07 Å². The minimum atomic E-state index is -0.0519. The maximum absolute atomic E-state index is 12.7. The fraction of sp³-hybridized carbons (Fsp3) is 0.0500.